The van der Waals surface area contributed by atoms with E-state index in [1.54, 1.807) is 0 Å². The van der Waals surface area contributed by atoms with E-state index in [2.05, 4.69) is 52.3 Å². The lowest BCUT2D eigenvalue weighted by molar-refractivity contribution is 0.0267. The molecule has 2 aromatic carbocycles. The summed E-state index contributed by atoms with van der Waals surface area (Å²) in [6.07, 6.45) is 3.30. The maximum Gasteiger partial charge on any atom is 0.0731 e. The van der Waals surface area contributed by atoms with Crippen LogP contribution in [0.15, 0.2) is 53.0 Å². The lowest BCUT2D eigenvalue weighted by Crippen LogP contribution is -2.38. The smallest absolute Gasteiger partial charge is 0.0731 e. The highest BCUT2D eigenvalue weighted by molar-refractivity contribution is 9.10. The molecule has 98 valence electrons. The Morgan fingerprint density at radius 3 is 2.63 bits per heavy atom. The summed E-state index contributed by atoms with van der Waals surface area (Å²) in [7, 11) is 0. The van der Waals surface area contributed by atoms with E-state index in [0.29, 0.717) is 0 Å². The molecule has 2 aromatic rings. The van der Waals surface area contributed by atoms with Gasteiger partial charge in [-0.25, -0.2) is 0 Å². The molecule has 0 saturated heterocycles. The first-order valence-corrected chi connectivity index (χ1v) is 7.48. The van der Waals surface area contributed by atoms with Crippen molar-refractivity contribution in [1.82, 2.24) is 0 Å². The summed E-state index contributed by atoms with van der Waals surface area (Å²) in [6.45, 7) is 0. The van der Waals surface area contributed by atoms with Crippen molar-refractivity contribution in [2.45, 2.75) is 31.3 Å². The molecular formula is C17H17BrO. The highest BCUT2D eigenvalue weighted by Crippen LogP contribution is 2.31. The second-order valence-corrected chi connectivity index (χ2v) is 6.39. The lowest BCUT2D eigenvalue weighted by atomic mass is 9.77. The average molecular weight is 317 g/mol. The number of fused-ring (bicyclic) bond motifs is 1. The number of rotatable bonds is 2. The third-order valence-electron chi connectivity index (χ3n) is 3.92. The summed E-state index contributed by atoms with van der Waals surface area (Å²) in [5, 5.41) is 10.8. The predicted octanol–water partition coefficient (Wildman–Crippen LogP) is 3.91. The largest absolute Gasteiger partial charge is 0.389 e. The highest BCUT2D eigenvalue weighted by atomic mass is 79.9. The van der Waals surface area contributed by atoms with Gasteiger partial charge in [0.1, 0.15) is 0 Å². The van der Waals surface area contributed by atoms with Gasteiger partial charge in [-0.05, 0) is 41.7 Å². The normalized spacial score (nSPS) is 22.0. The third kappa shape index (κ3) is 2.90. The predicted molar refractivity (Wildman–Crippen MR) is 81.3 cm³/mol. The fourth-order valence-corrected chi connectivity index (χ4v) is 3.41. The molecule has 2 heteroatoms. The minimum absolute atomic E-state index is 0.602. The molecule has 1 unspecified atom stereocenters. The van der Waals surface area contributed by atoms with Crippen LogP contribution in [0.1, 0.15) is 23.1 Å². The zero-order valence-corrected chi connectivity index (χ0v) is 12.4. The summed E-state index contributed by atoms with van der Waals surface area (Å²) < 4.78 is 1.07. The van der Waals surface area contributed by atoms with E-state index in [-0.39, 0.29) is 0 Å². The van der Waals surface area contributed by atoms with Crippen LogP contribution >= 0.6 is 15.9 Å². The van der Waals surface area contributed by atoms with Crippen LogP contribution in [0.2, 0.25) is 0 Å². The van der Waals surface area contributed by atoms with E-state index in [1.807, 2.05) is 12.1 Å². The van der Waals surface area contributed by atoms with Crippen molar-refractivity contribution in [2.24, 2.45) is 0 Å². The van der Waals surface area contributed by atoms with Crippen molar-refractivity contribution in [3.63, 3.8) is 0 Å². The van der Waals surface area contributed by atoms with Gasteiger partial charge in [0.2, 0.25) is 0 Å². The molecule has 1 N–H and O–H groups in total. The number of hydrogen-bond acceptors (Lipinski definition) is 1. The van der Waals surface area contributed by atoms with Crippen LogP contribution in [0.25, 0.3) is 0 Å². The van der Waals surface area contributed by atoms with Gasteiger partial charge < -0.3 is 5.11 Å². The van der Waals surface area contributed by atoms with E-state index in [1.165, 1.54) is 16.7 Å². The Balaban J connectivity index is 1.82. The molecule has 0 saturated carbocycles. The van der Waals surface area contributed by atoms with Gasteiger partial charge in [-0.15, -0.1) is 0 Å². The minimum atomic E-state index is -0.602. The monoisotopic (exact) mass is 316 g/mol. The van der Waals surface area contributed by atoms with Gasteiger partial charge in [0.25, 0.3) is 0 Å². The maximum absolute atomic E-state index is 10.8. The van der Waals surface area contributed by atoms with Crippen LogP contribution in [0.5, 0.6) is 0 Å². The summed E-state index contributed by atoms with van der Waals surface area (Å²) >= 11 is 3.49. The van der Waals surface area contributed by atoms with Crippen LogP contribution in [0.4, 0.5) is 0 Å². The van der Waals surface area contributed by atoms with Crippen LogP contribution < -0.4 is 0 Å². The molecule has 0 radical (unpaired) electrons. The number of aryl methyl sites for hydroxylation is 1. The Bertz CT molecular complexity index is 593. The van der Waals surface area contributed by atoms with Crippen molar-refractivity contribution in [3.05, 3.63) is 69.7 Å². The molecule has 0 fully saturated rings. The van der Waals surface area contributed by atoms with Crippen LogP contribution in [0, 0.1) is 0 Å². The summed E-state index contributed by atoms with van der Waals surface area (Å²) in [6, 6.07) is 16.7. The maximum atomic E-state index is 10.8. The number of halogens is 1. The quantitative estimate of drug-likeness (QED) is 0.890. The molecule has 0 heterocycles. The third-order valence-corrected chi connectivity index (χ3v) is 4.41. The van der Waals surface area contributed by atoms with Gasteiger partial charge in [0.05, 0.1) is 5.60 Å². The molecule has 3 rings (SSSR count). The molecule has 0 aromatic heterocycles. The number of aliphatic hydroxyl groups is 1. The van der Waals surface area contributed by atoms with Crippen molar-refractivity contribution in [2.75, 3.05) is 0 Å². The van der Waals surface area contributed by atoms with E-state index in [4.69, 9.17) is 0 Å². The highest BCUT2D eigenvalue weighted by Gasteiger charge is 2.31. The molecule has 0 aliphatic heterocycles. The van der Waals surface area contributed by atoms with Crippen molar-refractivity contribution < 1.29 is 5.11 Å². The second kappa shape index (κ2) is 5.10. The van der Waals surface area contributed by atoms with Crippen LogP contribution in [0.3, 0.4) is 0 Å². The van der Waals surface area contributed by atoms with Crippen LogP contribution in [-0.2, 0) is 19.3 Å². The summed E-state index contributed by atoms with van der Waals surface area (Å²) in [4.78, 5) is 0. The SMILES string of the molecule is OC1(Cc2cccc(Br)c2)CCc2ccccc2C1. The Hall–Kier alpha value is -1.12. The van der Waals surface area contributed by atoms with Crippen molar-refractivity contribution in [3.8, 4) is 0 Å². The fraction of sp³-hybridized carbons (Fsp3) is 0.294. The first-order chi connectivity index (χ1) is 9.15. The van der Waals surface area contributed by atoms with Gasteiger partial charge in [-0.2, -0.15) is 0 Å². The first kappa shape index (κ1) is 12.9. The van der Waals surface area contributed by atoms with E-state index in [9.17, 15) is 5.11 Å². The summed E-state index contributed by atoms with van der Waals surface area (Å²) in [5.41, 5.74) is 3.28. The Labute approximate surface area is 122 Å². The summed E-state index contributed by atoms with van der Waals surface area (Å²) in [5.74, 6) is 0. The second-order valence-electron chi connectivity index (χ2n) is 5.48. The molecule has 0 spiro atoms. The van der Waals surface area contributed by atoms with E-state index < -0.39 is 5.60 Å². The zero-order chi connectivity index (χ0) is 13.3. The Kier molecular flexibility index (Phi) is 3.46. The standard InChI is InChI=1S/C17H17BrO/c18-16-7-3-4-13(10-16)11-17(19)9-8-14-5-1-2-6-15(14)12-17/h1-7,10,19H,8-9,11-12H2. The van der Waals surface area contributed by atoms with Gasteiger partial charge in [0.15, 0.2) is 0 Å². The lowest BCUT2D eigenvalue weighted by Gasteiger charge is -2.33. The Morgan fingerprint density at radius 1 is 1.05 bits per heavy atom. The molecule has 1 aliphatic carbocycles. The molecule has 0 bridgehead atoms. The minimum Gasteiger partial charge on any atom is -0.389 e. The van der Waals surface area contributed by atoms with Gasteiger partial charge >= 0.3 is 0 Å². The molecular weight excluding hydrogens is 300 g/mol. The number of hydrogen-bond donors (Lipinski definition) is 1. The van der Waals surface area contributed by atoms with Crippen LogP contribution in [-0.4, -0.2) is 10.7 Å². The average Bonchev–Trinajstić information content (AvgIpc) is 2.38. The Morgan fingerprint density at radius 2 is 1.84 bits per heavy atom. The van der Waals surface area contributed by atoms with Crippen molar-refractivity contribution in [1.29, 1.82) is 0 Å². The first-order valence-electron chi connectivity index (χ1n) is 6.68. The number of benzene rings is 2. The topological polar surface area (TPSA) is 20.2 Å². The van der Waals surface area contributed by atoms with Gasteiger partial charge in [-0.3, -0.25) is 0 Å². The zero-order valence-electron chi connectivity index (χ0n) is 10.8. The molecule has 1 aliphatic rings. The van der Waals surface area contributed by atoms with E-state index in [0.717, 1.165) is 30.2 Å². The fourth-order valence-electron chi connectivity index (χ4n) is 2.96. The van der Waals surface area contributed by atoms with E-state index >= 15 is 0 Å². The van der Waals surface area contributed by atoms with Crippen molar-refractivity contribution >= 4 is 15.9 Å². The van der Waals surface area contributed by atoms with Gasteiger partial charge in [-0.1, -0.05) is 52.3 Å². The molecule has 19 heavy (non-hydrogen) atoms. The molecule has 1 nitrogen and oxygen atoms in total. The molecule has 0 amide bonds. The van der Waals surface area contributed by atoms with Gasteiger partial charge in [0, 0.05) is 17.3 Å². The molecule has 1 atom stereocenters.